The minimum absolute atomic E-state index is 0. The first-order valence-corrected chi connectivity index (χ1v) is 6.43. The van der Waals surface area contributed by atoms with E-state index in [0.29, 0.717) is 5.75 Å². The average molecular weight is 302 g/mol. The standard InChI is InChI=1S/C14H23NO.BrH/c1-3-4-5-6-7-8-10-15-11-9-14(16)12-13(15)2;/h9,11-12H,3-8,10H2,1-2H3;1H. The van der Waals surface area contributed by atoms with Gasteiger partial charge in [-0.2, -0.15) is 0 Å². The number of rotatable bonds is 7. The van der Waals surface area contributed by atoms with Crippen molar-refractivity contribution in [3.8, 4) is 5.75 Å². The van der Waals surface area contributed by atoms with Crippen molar-refractivity contribution in [2.75, 3.05) is 0 Å². The van der Waals surface area contributed by atoms with E-state index in [9.17, 15) is 5.11 Å². The lowest BCUT2D eigenvalue weighted by Gasteiger charge is -2.01. The molecule has 0 fully saturated rings. The molecule has 2 nitrogen and oxygen atoms in total. The summed E-state index contributed by atoms with van der Waals surface area (Å²) in [6.07, 6.45) is 9.92. The van der Waals surface area contributed by atoms with Crippen LogP contribution >= 0.6 is 0 Å². The third-order valence-electron chi connectivity index (χ3n) is 2.99. The summed E-state index contributed by atoms with van der Waals surface area (Å²) in [5.41, 5.74) is 1.13. The van der Waals surface area contributed by atoms with Gasteiger partial charge in [0.1, 0.15) is 12.3 Å². The summed E-state index contributed by atoms with van der Waals surface area (Å²) in [6.45, 7) is 5.35. The van der Waals surface area contributed by atoms with Crippen molar-refractivity contribution in [3.63, 3.8) is 0 Å². The van der Waals surface area contributed by atoms with Crippen molar-refractivity contribution in [3.05, 3.63) is 24.0 Å². The van der Waals surface area contributed by atoms with Crippen molar-refractivity contribution in [2.24, 2.45) is 0 Å². The summed E-state index contributed by atoms with van der Waals surface area (Å²) in [5.74, 6) is 0.358. The molecule has 3 heteroatoms. The van der Waals surface area contributed by atoms with E-state index in [0.717, 1.165) is 12.2 Å². The Morgan fingerprint density at radius 1 is 1.12 bits per heavy atom. The Morgan fingerprint density at radius 3 is 2.41 bits per heavy atom. The molecule has 0 spiro atoms. The second-order valence-electron chi connectivity index (χ2n) is 4.49. The van der Waals surface area contributed by atoms with Gasteiger partial charge in [-0.15, -0.1) is 0 Å². The summed E-state index contributed by atoms with van der Waals surface area (Å²) in [5, 5.41) is 9.29. The number of unbranched alkanes of at least 4 members (excludes halogenated alkanes) is 5. The van der Waals surface area contributed by atoms with Gasteiger partial charge in [0.25, 0.3) is 0 Å². The second-order valence-corrected chi connectivity index (χ2v) is 4.49. The van der Waals surface area contributed by atoms with Crippen LogP contribution in [0.2, 0.25) is 0 Å². The van der Waals surface area contributed by atoms with Gasteiger partial charge in [0.05, 0.1) is 0 Å². The van der Waals surface area contributed by atoms with E-state index < -0.39 is 0 Å². The maximum atomic E-state index is 9.29. The molecule has 0 aliphatic rings. The third kappa shape index (κ3) is 6.67. The quantitative estimate of drug-likeness (QED) is 0.570. The van der Waals surface area contributed by atoms with Crippen LogP contribution in [0.1, 0.15) is 51.1 Å². The number of aromatic hydroxyl groups is 1. The van der Waals surface area contributed by atoms with Gasteiger partial charge in [-0.3, -0.25) is 0 Å². The molecule has 0 unspecified atom stereocenters. The first kappa shape index (κ1) is 16.4. The smallest absolute Gasteiger partial charge is 0.181 e. The molecule has 1 aromatic heterocycles. The molecule has 0 saturated carbocycles. The Hall–Kier alpha value is -0.570. The molecule has 0 atom stereocenters. The van der Waals surface area contributed by atoms with Crippen LogP contribution in [0.3, 0.4) is 0 Å². The molecule has 0 bridgehead atoms. The highest BCUT2D eigenvalue weighted by atomic mass is 79.9. The van der Waals surface area contributed by atoms with Crippen molar-refractivity contribution in [2.45, 2.75) is 58.9 Å². The number of aryl methyl sites for hydroxylation is 2. The summed E-state index contributed by atoms with van der Waals surface area (Å²) in [4.78, 5) is 0. The molecule has 1 rings (SSSR count). The van der Waals surface area contributed by atoms with E-state index in [2.05, 4.69) is 11.5 Å². The molecule has 1 heterocycles. The highest BCUT2D eigenvalue weighted by Crippen LogP contribution is 2.07. The molecule has 0 amide bonds. The summed E-state index contributed by atoms with van der Waals surface area (Å²) in [6, 6.07) is 3.57. The van der Waals surface area contributed by atoms with Crippen LogP contribution in [0.15, 0.2) is 18.3 Å². The first-order valence-electron chi connectivity index (χ1n) is 6.43. The van der Waals surface area contributed by atoms with Gasteiger partial charge in [-0.1, -0.05) is 32.6 Å². The number of nitrogens with zero attached hydrogens (tertiary/aromatic N) is 1. The van der Waals surface area contributed by atoms with Gasteiger partial charge in [-0.05, 0) is 6.42 Å². The Balaban J connectivity index is 0.00000256. The first-order chi connectivity index (χ1) is 7.74. The van der Waals surface area contributed by atoms with Crippen LogP contribution in [0.25, 0.3) is 0 Å². The Labute approximate surface area is 115 Å². The SMILES string of the molecule is CCCCCCCC[n+]1ccc(O)cc1C.[Br-]. The molecule has 1 N–H and O–H groups in total. The normalized spacial score (nSPS) is 10.0. The molecule has 0 saturated heterocycles. The molecular formula is C14H24BrNO. The van der Waals surface area contributed by atoms with Gasteiger partial charge in [0.2, 0.25) is 0 Å². The zero-order chi connectivity index (χ0) is 11.8. The number of halogens is 1. The topological polar surface area (TPSA) is 24.1 Å². The zero-order valence-electron chi connectivity index (χ0n) is 11.0. The number of pyridine rings is 1. The monoisotopic (exact) mass is 301 g/mol. The number of hydrogen-bond acceptors (Lipinski definition) is 1. The van der Waals surface area contributed by atoms with E-state index in [1.165, 1.54) is 38.5 Å². The Morgan fingerprint density at radius 2 is 1.76 bits per heavy atom. The zero-order valence-corrected chi connectivity index (χ0v) is 12.5. The van der Waals surface area contributed by atoms with Gasteiger partial charge in [0, 0.05) is 25.5 Å². The van der Waals surface area contributed by atoms with Crippen LogP contribution in [0.5, 0.6) is 5.75 Å². The molecule has 0 aromatic carbocycles. The lowest BCUT2D eigenvalue weighted by atomic mass is 10.1. The fourth-order valence-electron chi connectivity index (χ4n) is 1.94. The van der Waals surface area contributed by atoms with Crippen LogP contribution in [0, 0.1) is 6.92 Å². The van der Waals surface area contributed by atoms with Crippen LogP contribution < -0.4 is 21.5 Å². The van der Waals surface area contributed by atoms with E-state index in [1.54, 1.807) is 6.07 Å². The second kappa shape index (κ2) is 9.46. The molecule has 0 aliphatic carbocycles. The van der Waals surface area contributed by atoms with Gasteiger partial charge in [0.15, 0.2) is 11.9 Å². The molecule has 0 aliphatic heterocycles. The third-order valence-corrected chi connectivity index (χ3v) is 2.99. The Bertz CT molecular complexity index is 315. The lowest BCUT2D eigenvalue weighted by molar-refractivity contribution is -0.703. The lowest BCUT2D eigenvalue weighted by Crippen LogP contribution is -3.00. The minimum atomic E-state index is 0. The number of aromatic nitrogens is 1. The molecule has 1 aromatic rings. The number of hydrogen-bond donors (Lipinski definition) is 1. The molecule has 0 radical (unpaired) electrons. The summed E-state index contributed by atoms with van der Waals surface area (Å²) >= 11 is 0. The predicted octanol–water partition coefficient (Wildman–Crippen LogP) is 0.353. The summed E-state index contributed by atoms with van der Waals surface area (Å²) < 4.78 is 2.21. The summed E-state index contributed by atoms with van der Waals surface area (Å²) in [7, 11) is 0. The van der Waals surface area contributed by atoms with E-state index >= 15 is 0 Å². The van der Waals surface area contributed by atoms with Gasteiger partial charge in [-0.25, -0.2) is 4.57 Å². The average Bonchev–Trinajstić information content (AvgIpc) is 2.26. The van der Waals surface area contributed by atoms with Crippen LogP contribution in [-0.2, 0) is 6.54 Å². The highest BCUT2D eigenvalue weighted by Gasteiger charge is 2.05. The van der Waals surface area contributed by atoms with Crippen LogP contribution in [0.4, 0.5) is 0 Å². The Kier molecular flexibility index (Phi) is 9.14. The van der Waals surface area contributed by atoms with Crippen molar-refractivity contribution in [1.82, 2.24) is 0 Å². The molecular weight excluding hydrogens is 278 g/mol. The molecule has 17 heavy (non-hydrogen) atoms. The fourth-order valence-corrected chi connectivity index (χ4v) is 1.94. The van der Waals surface area contributed by atoms with Crippen molar-refractivity contribution < 1.29 is 26.7 Å². The fraction of sp³-hybridized carbons (Fsp3) is 0.643. The van der Waals surface area contributed by atoms with Crippen molar-refractivity contribution >= 4 is 0 Å². The predicted molar refractivity (Wildman–Crippen MR) is 66.4 cm³/mol. The van der Waals surface area contributed by atoms with Crippen molar-refractivity contribution in [1.29, 1.82) is 0 Å². The van der Waals surface area contributed by atoms with Gasteiger partial charge >= 0.3 is 0 Å². The minimum Gasteiger partial charge on any atom is -1.00 e. The van der Waals surface area contributed by atoms with E-state index in [4.69, 9.17) is 0 Å². The largest absolute Gasteiger partial charge is 1.00 e. The van der Waals surface area contributed by atoms with E-state index in [1.807, 2.05) is 19.2 Å². The molecule has 98 valence electrons. The maximum Gasteiger partial charge on any atom is 0.181 e. The van der Waals surface area contributed by atoms with Crippen LogP contribution in [-0.4, -0.2) is 5.11 Å². The maximum absolute atomic E-state index is 9.29. The van der Waals surface area contributed by atoms with E-state index in [-0.39, 0.29) is 17.0 Å². The van der Waals surface area contributed by atoms with Gasteiger partial charge < -0.3 is 22.1 Å². The highest BCUT2D eigenvalue weighted by molar-refractivity contribution is 5.16.